The molecule has 270 valence electrons. The van der Waals surface area contributed by atoms with Gasteiger partial charge in [-0.3, -0.25) is 0 Å². The van der Waals surface area contributed by atoms with Crippen LogP contribution in [0.3, 0.4) is 0 Å². The highest BCUT2D eigenvalue weighted by molar-refractivity contribution is 6.22. The molecule has 3 heteroatoms. The van der Waals surface area contributed by atoms with Crippen molar-refractivity contribution in [2.24, 2.45) is 0 Å². The van der Waals surface area contributed by atoms with Gasteiger partial charge in [-0.25, -0.2) is 15.0 Å². The van der Waals surface area contributed by atoms with Crippen LogP contribution in [0.2, 0.25) is 0 Å². The fourth-order valence-corrected chi connectivity index (χ4v) is 8.56. The second-order valence-electron chi connectivity index (χ2n) is 14.7. The molecule has 3 nitrogen and oxygen atoms in total. The van der Waals surface area contributed by atoms with Crippen LogP contribution in [0.4, 0.5) is 0 Å². The van der Waals surface area contributed by atoms with Crippen molar-refractivity contribution in [2.75, 3.05) is 0 Å². The van der Waals surface area contributed by atoms with Crippen molar-refractivity contribution < 1.29 is 0 Å². The van der Waals surface area contributed by atoms with Crippen molar-refractivity contribution in [1.82, 2.24) is 15.0 Å². The molecule has 0 bridgehead atoms. The number of nitrogens with zero attached hydrogens (tertiary/aromatic N) is 3. The summed E-state index contributed by atoms with van der Waals surface area (Å²) in [5, 5.41) is 9.65. The predicted molar refractivity (Wildman–Crippen MR) is 242 cm³/mol. The summed E-state index contributed by atoms with van der Waals surface area (Å²) in [6.45, 7) is 0. The van der Waals surface area contributed by atoms with Gasteiger partial charge >= 0.3 is 0 Å². The van der Waals surface area contributed by atoms with Gasteiger partial charge in [0.25, 0.3) is 0 Å². The number of aromatic nitrogens is 3. The number of hydrogen-bond acceptors (Lipinski definition) is 3. The van der Waals surface area contributed by atoms with Crippen LogP contribution in [0.25, 0.3) is 111 Å². The molecule has 0 fully saturated rings. The van der Waals surface area contributed by atoms with Gasteiger partial charge in [0, 0.05) is 16.7 Å². The molecule has 0 spiro atoms. The molecule has 1 aromatic heterocycles. The first-order valence-corrected chi connectivity index (χ1v) is 19.7. The van der Waals surface area contributed by atoms with Crippen LogP contribution in [0, 0.1) is 0 Å². The summed E-state index contributed by atoms with van der Waals surface area (Å²) in [7, 11) is 0. The number of hydrogen-bond donors (Lipinski definition) is 0. The Hall–Kier alpha value is -7.75. The molecule has 1 heterocycles. The smallest absolute Gasteiger partial charge is 0.164 e. The summed E-state index contributed by atoms with van der Waals surface area (Å²) in [5.41, 5.74) is 9.74. The summed E-state index contributed by atoms with van der Waals surface area (Å²) in [4.78, 5) is 15.8. The maximum atomic E-state index is 5.32. The lowest BCUT2D eigenvalue weighted by Gasteiger charge is -2.17. The molecule has 0 aliphatic carbocycles. The van der Waals surface area contributed by atoms with Gasteiger partial charge in [-0.05, 0) is 88.6 Å². The second kappa shape index (κ2) is 14.1. The lowest BCUT2D eigenvalue weighted by Crippen LogP contribution is -2.01. The highest BCUT2D eigenvalue weighted by Crippen LogP contribution is 2.44. The molecule has 0 unspecified atom stereocenters. The molecule has 0 radical (unpaired) electrons. The minimum atomic E-state index is 0.627. The highest BCUT2D eigenvalue weighted by Gasteiger charge is 2.20. The summed E-state index contributed by atoms with van der Waals surface area (Å²) >= 11 is 0. The monoisotopic (exact) mass is 737 g/mol. The van der Waals surface area contributed by atoms with E-state index in [1.54, 1.807) is 0 Å². The third-order valence-electron chi connectivity index (χ3n) is 11.3. The molecular formula is C55H35N3. The van der Waals surface area contributed by atoms with E-state index >= 15 is 0 Å². The number of benzene rings is 10. The first-order chi connectivity index (χ1) is 28.8. The van der Waals surface area contributed by atoms with Crippen LogP contribution >= 0.6 is 0 Å². The van der Waals surface area contributed by atoms with E-state index in [9.17, 15) is 0 Å². The van der Waals surface area contributed by atoms with E-state index in [-0.39, 0.29) is 0 Å². The summed E-state index contributed by atoms with van der Waals surface area (Å²) in [6, 6.07) is 75.3. The van der Waals surface area contributed by atoms with Crippen molar-refractivity contribution in [3.05, 3.63) is 212 Å². The lowest BCUT2D eigenvalue weighted by atomic mass is 9.87. The largest absolute Gasteiger partial charge is 0.208 e. The fourth-order valence-electron chi connectivity index (χ4n) is 8.56. The fraction of sp³-hybridized carbons (Fsp3) is 0. The van der Waals surface area contributed by atoms with Crippen LogP contribution in [-0.4, -0.2) is 15.0 Å². The van der Waals surface area contributed by atoms with Gasteiger partial charge in [0.05, 0.1) is 0 Å². The number of fused-ring (bicyclic) bond motifs is 5. The predicted octanol–water partition coefficient (Wildman–Crippen LogP) is 14.5. The van der Waals surface area contributed by atoms with Crippen LogP contribution in [0.1, 0.15) is 0 Å². The third kappa shape index (κ3) is 5.80. The zero-order valence-corrected chi connectivity index (χ0v) is 31.5. The Labute approximate surface area is 336 Å². The maximum absolute atomic E-state index is 5.32. The molecule has 58 heavy (non-hydrogen) atoms. The normalized spacial score (nSPS) is 11.4. The van der Waals surface area contributed by atoms with E-state index in [4.69, 9.17) is 15.0 Å². The zero-order valence-electron chi connectivity index (χ0n) is 31.5. The molecule has 0 saturated heterocycles. The quantitative estimate of drug-likeness (QED) is 0.126. The van der Waals surface area contributed by atoms with Gasteiger partial charge in [0.1, 0.15) is 0 Å². The molecule has 11 rings (SSSR count). The van der Waals surface area contributed by atoms with E-state index < -0.39 is 0 Å². The Kier molecular flexibility index (Phi) is 8.15. The van der Waals surface area contributed by atoms with E-state index in [1.807, 2.05) is 12.1 Å². The minimum Gasteiger partial charge on any atom is -0.208 e. The zero-order chi connectivity index (χ0) is 38.4. The van der Waals surface area contributed by atoms with Crippen molar-refractivity contribution in [2.45, 2.75) is 0 Å². The highest BCUT2D eigenvalue weighted by atomic mass is 15.0. The van der Waals surface area contributed by atoms with Crippen LogP contribution < -0.4 is 0 Å². The van der Waals surface area contributed by atoms with Gasteiger partial charge in [-0.15, -0.1) is 0 Å². The van der Waals surface area contributed by atoms with Gasteiger partial charge in [0.2, 0.25) is 0 Å². The summed E-state index contributed by atoms with van der Waals surface area (Å²) in [6.07, 6.45) is 0. The van der Waals surface area contributed by atoms with Gasteiger partial charge in [0.15, 0.2) is 17.5 Å². The van der Waals surface area contributed by atoms with Crippen LogP contribution in [0.15, 0.2) is 212 Å². The van der Waals surface area contributed by atoms with Crippen molar-refractivity contribution in [3.63, 3.8) is 0 Å². The Balaban J connectivity index is 1.14. The molecule has 0 saturated carbocycles. The SMILES string of the molecule is c1ccc(-c2ccc(-c3nc(-c4ccccc4-c4ccccc4)nc(-c4ccc(-c5c6ccccc6cc6c5ccc5ccccc56)c5ccccc45)n3)cc2)cc1. The van der Waals surface area contributed by atoms with E-state index in [0.717, 1.165) is 44.2 Å². The summed E-state index contributed by atoms with van der Waals surface area (Å²) in [5.74, 6) is 1.89. The van der Waals surface area contributed by atoms with Crippen LogP contribution in [0.5, 0.6) is 0 Å². The molecule has 11 aromatic rings. The Morgan fingerprint density at radius 1 is 0.224 bits per heavy atom. The summed E-state index contributed by atoms with van der Waals surface area (Å²) < 4.78 is 0. The average molecular weight is 738 g/mol. The minimum absolute atomic E-state index is 0.627. The second-order valence-corrected chi connectivity index (χ2v) is 14.7. The van der Waals surface area contributed by atoms with Crippen molar-refractivity contribution >= 4 is 43.1 Å². The van der Waals surface area contributed by atoms with E-state index in [2.05, 4.69) is 200 Å². The maximum Gasteiger partial charge on any atom is 0.164 e. The van der Waals surface area contributed by atoms with Crippen LogP contribution in [-0.2, 0) is 0 Å². The standard InChI is InChI=1S/C55H35N3/c1-3-15-36(16-4-1)37-27-29-40(30-28-37)53-56-54(49-26-14-11-21-42(49)38-17-5-2-6-18-38)58-55(57-53)50-34-33-47(45-24-12-13-25-46(45)50)52-44-23-10-8-20-41(44)35-51-43-22-9-7-19-39(43)31-32-48(51)52/h1-35H. The Morgan fingerprint density at radius 2 is 0.724 bits per heavy atom. The van der Waals surface area contributed by atoms with Gasteiger partial charge in [-0.2, -0.15) is 0 Å². The number of rotatable bonds is 6. The average Bonchev–Trinajstić information content (AvgIpc) is 3.31. The molecule has 10 aromatic carbocycles. The first-order valence-electron chi connectivity index (χ1n) is 19.7. The first kappa shape index (κ1) is 33.6. The Morgan fingerprint density at radius 3 is 1.47 bits per heavy atom. The molecule has 0 N–H and O–H groups in total. The third-order valence-corrected chi connectivity index (χ3v) is 11.3. The van der Waals surface area contributed by atoms with E-state index in [0.29, 0.717) is 17.5 Å². The van der Waals surface area contributed by atoms with Crippen molar-refractivity contribution in [3.8, 4) is 67.5 Å². The van der Waals surface area contributed by atoms with E-state index in [1.165, 1.54) is 49.0 Å². The van der Waals surface area contributed by atoms with Gasteiger partial charge < -0.3 is 0 Å². The lowest BCUT2D eigenvalue weighted by molar-refractivity contribution is 1.08. The Bertz CT molecular complexity index is 3320. The molecule has 0 amide bonds. The molecular weight excluding hydrogens is 703 g/mol. The molecule has 0 atom stereocenters. The van der Waals surface area contributed by atoms with Gasteiger partial charge in [-0.1, -0.05) is 200 Å². The topological polar surface area (TPSA) is 38.7 Å². The molecule has 0 aliphatic rings. The van der Waals surface area contributed by atoms with Crippen molar-refractivity contribution in [1.29, 1.82) is 0 Å². The molecule has 0 aliphatic heterocycles.